The summed E-state index contributed by atoms with van der Waals surface area (Å²) in [6, 6.07) is 6.43. The predicted octanol–water partition coefficient (Wildman–Crippen LogP) is 1.83. The van der Waals surface area contributed by atoms with Crippen LogP contribution in [0, 0.1) is 0 Å². The summed E-state index contributed by atoms with van der Waals surface area (Å²) in [4.78, 5) is 16.7. The standard InChI is InChI=1S/C15H21N3O/c1-11-9-15(19)13-4-3-12(10-14(13)16-11)18-7-5-17(2)6-8-18/h3-4,10-11,16H,5-9H2,1-2H3. The Hall–Kier alpha value is -1.55. The van der Waals surface area contributed by atoms with Crippen molar-refractivity contribution in [1.29, 1.82) is 0 Å². The molecule has 2 heterocycles. The Kier molecular flexibility index (Phi) is 3.19. The number of rotatable bonds is 1. The molecule has 0 aliphatic carbocycles. The molecule has 3 rings (SSSR count). The van der Waals surface area contributed by atoms with E-state index in [1.165, 1.54) is 5.69 Å². The van der Waals surface area contributed by atoms with E-state index in [9.17, 15) is 4.79 Å². The third-order valence-corrected chi connectivity index (χ3v) is 4.07. The summed E-state index contributed by atoms with van der Waals surface area (Å²) in [5.74, 6) is 0.256. The predicted molar refractivity (Wildman–Crippen MR) is 78.2 cm³/mol. The molecule has 102 valence electrons. The summed E-state index contributed by atoms with van der Waals surface area (Å²) in [5.41, 5.74) is 3.07. The normalized spacial score (nSPS) is 24.0. The first-order valence-corrected chi connectivity index (χ1v) is 7.01. The summed E-state index contributed by atoms with van der Waals surface area (Å²) in [6.07, 6.45) is 0.598. The highest BCUT2D eigenvalue weighted by molar-refractivity contribution is 6.04. The highest BCUT2D eigenvalue weighted by Gasteiger charge is 2.23. The number of benzene rings is 1. The van der Waals surface area contributed by atoms with Crippen LogP contribution in [0.2, 0.25) is 0 Å². The minimum atomic E-state index is 0.239. The van der Waals surface area contributed by atoms with Gasteiger partial charge in [0.1, 0.15) is 0 Å². The van der Waals surface area contributed by atoms with Gasteiger partial charge in [0.15, 0.2) is 5.78 Å². The maximum Gasteiger partial charge on any atom is 0.166 e. The van der Waals surface area contributed by atoms with Gasteiger partial charge in [0.05, 0.1) is 0 Å². The summed E-state index contributed by atoms with van der Waals surface area (Å²) < 4.78 is 0. The molecule has 1 saturated heterocycles. The lowest BCUT2D eigenvalue weighted by atomic mass is 9.97. The minimum absolute atomic E-state index is 0.239. The maximum atomic E-state index is 12.0. The van der Waals surface area contributed by atoms with Crippen molar-refractivity contribution in [3.05, 3.63) is 23.8 Å². The van der Waals surface area contributed by atoms with Gasteiger partial charge in [-0.25, -0.2) is 0 Å². The van der Waals surface area contributed by atoms with Crippen LogP contribution in [0.3, 0.4) is 0 Å². The molecule has 2 aliphatic rings. The van der Waals surface area contributed by atoms with Gasteiger partial charge in [-0.2, -0.15) is 0 Å². The molecular formula is C15H21N3O. The van der Waals surface area contributed by atoms with E-state index >= 15 is 0 Å². The van der Waals surface area contributed by atoms with Gasteiger partial charge in [-0.3, -0.25) is 4.79 Å². The Morgan fingerprint density at radius 3 is 2.68 bits per heavy atom. The zero-order chi connectivity index (χ0) is 13.4. The molecule has 4 heteroatoms. The smallest absolute Gasteiger partial charge is 0.166 e. The van der Waals surface area contributed by atoms with Crippen LogP contribution < -0.4 is 10.2 Å². The zero-order valence-electron chi connectivity index (χ0n) is 11.6. The number of ketones is 1. The SMILES string of the molecule is CC1CC(=O)c2ccc(N3CCN(C)CC3)cc2N1. The fraction of sp³-hybridized carbons (Fsp3) is 0.533. The van der Waals surface area contributed by atoms with Gasteiger partial charge in [0.25, 0.3) is 0 Å². The van der Waals surface area contributed by atoms with Crippen molar-refractivity contribution in [2.75, 3.05) is 43.4 Å². The number of hydrogen-bond acceptors (Lipinski definition) is 4. The Bertz CT molecular complexity index is 492. The third-order valence-electron chi connectivity index (χ3n) is 4.07. The van der Waals surface area contributed by atoms with Gasteiger partial charge in [-0.05, 0) is 32.2 Å². The summed E-state index contributed by atoms with van der Waals surface area (Å²) in [7, 11) is 2.16. The third kappa shape index (κ3) is 2.45. The second-order valence-corrected chi connectivity index (χ2v) is 5.69. The average molecular weight is 259 g/mol. The minimum Gasteiger partial charge on any atom is -0.381 e. The quantitative estimate of drug-likeness (QED) is 0.834. The number of anilines is 2. The van der Waals surface area contributed by atoms with Crippen molar-refractivity contribution < 1.29 is 4.79 Å². The van der Waals surface area contributed by atoms with Crippen molar-refractivity contribution in [2.45, 2.75) is 19.4 Å². The van der Waals surface area contributed by atoms with Crippen LogP contribution in [-0.4, -0.2) is 50.0 Å². The summed E-state index contributed by atoms with van der Waals surface area (Å²) in [6.45, 7) is 6.36. The second kappa shape index (κ2) is 4.85. The summed E-state index contributed by atoms with van der Waals surface area (Å²) in [5, 5.41) is 3.42. The molecule has 4 nitrogen and oxygen atoms in total. The second-order valence-electron chi connectivity index (χ2n) is 5.69. The van der Waals surface area contributed by atoms with Crippen molar-refractivity contribution in [2.24, 2.45) is 0 Å². The molecule has 1 unspecified atom stereocenters. The first-order valence-electron chi connectivity index (χ1n) is 7.01. The fourth-order valence-corrected chi connectivity index (χ4v) is 2.86. The Morgan fingerprint density at radius 1 is 1.21 bits per heavy atom. The molecule has 0 aromatic heterocycles. The van der Waals surface area contributed by atoms with E-state index in [-0.39, 0.29) is 11.8 Å². The first kappa shape index (κ1) is 12.5. The van der Waals surface area contributed by atoms with E-state index in [1.54, 1.807) is 0 Å². The Balaban J connectivity index is 1.85. The number of piperazine rings is 1. The van der Waals surface area contributed by atoms with E-state index < -0.39 is 0 Å². The molecule has 0 radical (unpaired) electrons. The van der Waals surface area contributed by atoms with E-state index in [1.807, 2.05) is 6.07 Å². The molecule has 1 aromatic carbocycles. The molecule has 1 atom stereocenters. The maximum absolute atomic E-state index is 12.0. The number of likely N-dealkylation sites (N-methyl/N-ethyl adjacent to an activating group) is 1. The summed E-state index contributed by atoms with van der Waals surface area (Å²) >= 11 is 0. The van der Waals surface area contributed by atoms with E-state index in [2.05, 4.69) is 41.2 Å². The molecule has 1 N–H and O–H groups in total. The molecule has 0 spiro atoms. The largest absolute Gasteiger partial charge is 0.381 e. The monoisotopic (exact) mass is 259 g/mol. The van der Waals surface area contributed by atoms with Crippen LogP contribution in [0.5, 0.6) is 0 Å². The lowest BCUT2D eigenvalue weighted by molar-refractivity contribution is 0.0974. The van der Waals surface area contributed by atoms with Crippen molar-refractivity contribution in [3.63, 3.8) is 0 Å². The lowest BCUT2D eigenvalue weighted by Crippen LogP contribution is -2.44. The molecule has 2 aliphatic heterocycles. The van der Waals surface area contributed by atoms with Gasteiger partial charge in [-0.15, -0.1) is 0 Å². The topological polar surface area (TPSA) is 35.6 Å². The number of fused-ring (bicyclic) bond motifs is 1. The van der Waals surface area contributed by atoms with Gasteiger partial charge >= 0.3 is 0 Å². The van der Waals surface area contributed by atoms with Crippen LogP contribution in [0.15, 0.2) is 18.2 Å². The lowest BCUT2D eigenvalue weighted by Gasteiger charge is -2.35. The molecule has 1 fully saturated rings. The Labute approximate surface area is 114 Å². The van der Waals surface area contributed by atoms with Gasteiger partial charge in [0, 0.05) is 55.6 Å². The molecule has 19 heavy (non-hydrogen) atoms. The van der Waals surface area contributed by atoms with Crippen molar-refractivity contribution in [1.82, 2.24) is 4.90 Å². The van der Waals surface area contributed by atoms with E-state index in [4.69, 9.17) is 0 Å². The number of carbonyl (C=O) groups excluding carboxylic acids is 1. The van der Waals surface area contributed by atoms with E-state index in [0.717, 1.165) is 37.4 Å². The molecular weight excluding hydrogens is 238 g/mol. The van der Waals surface area contributed by atoms with Crippen LogP contribution >= 0.6 is 0 Å². The number of Topliss-reactive ketones (excluding diaryl/α,β-unsaturated/α-hetero) is 1. The zero-order valence-corrected chi connectivity index (χ0v) is 11.6. The van der Waals surface area contributed by atoms with Crippen LogP contribution in [0.4, 0.5) is 11.4 Å². The Morgan fingerprint density at radius 2 is 1.95 bits per heavy atom. The van der Waals surface area contributed by atoms with Gasteiger partial charge < -0.3 is 15.1 Å². The van der Waals surface area contributed by atoms with Gasteiger partial charge in [-0.1, -0.05) is 0 Å². The average Bonchev–Trinajstić information content (AvgIpc) is 2.38. The molecule has 0 saturated carbocycles. The number of hydrogen-bond donors (Lipinski definition) is 1. The van der Waals surface area contributed by atoms with Crippen molar-refractivity contribution >= 4 is 17.2 Å². The number of nitrogens with one attached hydrogen (secondary N) is 1. The van der Waals surface area contributed by atoms with Crippen molar-refractivity contribution in [3.8, 4) is 0 Å². The van der Waals surface area contributed by atoms with E-state index in [0.29, 0.717) is 6.42 Å². The number of carbonyl (C=O) groups is 1. The first-order chi connectivity index (χ1) is 9.13. The molecule has 0 amide bonds. The molecule has 0 bridgehead atoms. The van der Waals surface area contributed by atoms with Crippen LogP contribution in [-0.2, 0) is 0 Å². The fourth-order valence-electron chi connectivity index (χ4n) is 2.86. The highest BCUT2D eigenvalue weighted by atomic mass is 16.1. The van der Waals surface area contributed by atoms with Crippen LogP contribution in [0.25, 0.3) is 0 Å². The molecule has 1 aromatic rings. The number of nitrogens with zero attached hydrogens (tertiary/aromatic N) is 2. The van der Waals surface area contributed by atoms with Gasteiger partial charge in [0.2, 0.25) is 0 Å². The highest BCUT2D eigenvalue weighted by Crippen LogP contribution is 2.29. The van der Waals surface area contributed by atoms with Crippen LogP contribution in [0.1, 0.15) is 23.7 Å².